The zero-order chi connectivity index (χ0) is 23.8. The van der Waals surface area contributed by atoms with Gasteiger partial charge < -0.3 is 19.3 Å². The van der Waals surface area contributed by atoms with Gasteiger partial charge in [0.05, 0.1) is 18.1 Å². The fourth-order valence-corrected chi connectivity index (χ4v) is 5.72. The van der Waals surface area contributed by atoms with Crippen LogP contribution in [0.4, 0.5) is 10.5 Å². The van der Waals surface area contributed by atoms with E-state index in [1.54, 1.807) is 0 Å². The summed E-state index contributed by atoms with van der Waals surface area (Å²) in [5, 5.41) is 13.2. The molecule has 2 aliphatic rings. The van der Waals surface area contributed by atoms with Crippen molar-refractivity contribution in [2.24, 2.45) is 5.92 Å². The first-order valence-electron chi connectivity index (χ1n) is 12.3. The Hall–Kier alpha value is -2.90. The quantitative estimate of drug-likeness (QED) is 0.578. The molecule has 34 heavy (non-hydrogen) atoms. The van der Waals surface area contributed by atoms with Crippen molar-refractivity contribution >= 4 is 22.8 Å². The second-order valence-corrected chi connectivity index (χ2v) is 9.91. The lowest BCUT2D eigenvalue weighted by Crippen LogP contribution is -2.38. The number of fused-ring (bicyclic) bond motifs is 2. The molecular weight excluding hydrogens is 428 g/mol. The van der Waals surface area contributed by atoms with E-state index in [0.717, 1.165) is 67.9 Å². The van der Waals surface area contributed by atoms with Gasteiger partial charge in [-0.1, -0.05) is 12.1 Å². The lowest BCUT2D eigenvalue weighted by atomic mass is 10.0. The summed E-state index contributed by atoms with van der Waals surface area (Å²) in [6, 6.07) is 12.9. The van der Waals surface area contributed by atoms with E-state index in [-0.39, 0.29) is 0 Å². The van der Waals surface area contributed by atoms with Crippen LogP contribution in [-0.4, -0.2) is 52.4 Å². The molecule has 2 atom stereocenters. The molecule has 0 spiro atoms. The third-order valence-corrected chi connectivity index (χ3v) is 7.34. The number of imidazole rings is 1. The van der Waals surface area contributed by atoms with E-state index < -0.39 is 12.2 Å². The molecule has 180 valence electrons. The van der Waals surface area contributed by atoms with Crippen LogP contribution in [0.15, 0.2) is 36.4 Å². The highest BCUT2D eigenvalue weighted by Gasteiger charge is 2.29. The van der Waals surface area contributed by atoms with Crippen molar-refractivity contribution in [1.82, 2.24) is 14.5 Å². The number of carbonyl (C=O) groups excluding carboxylic acids is 1. The first kappa shape index (κ1) is 22.9. The van der Waals surface area contributed by atoms with Gasteiger partial charge in [-0.25, -0.2) is 9.78 Å². The summed E-state index contributed by atoms with van der Waals surface area (Å²) in [4.78, 5) is 18.9. The van der Waals surface area contributed by atoms with Gasteiger partial charge in [-0.2, -0.15) is 0 Å². The van der Waals surface area contributed by atoms with E-state index in [9.17, 15) is 9.90 Å². The fourth-order valence-electron chi connectivity index (χ4n) is 5.72. The largest absolute Gasteiger partial charge is 0.453 e. The number of methoxy groups -OCH3 is 1. The molecule has 1 aliphatic heterocycles. The Morgan fingerprint density at radius 3 is 2.68 bits per heavy atom. The number of piperidine rings is 1. The average Bonchev–Trinajstić information content (AvgIpc) is 3.39. The van der Waals surface area contributed by atoms with Gasteiger partial charge in [-0.05, 0) is 86.4 Å². The summed E-state index contributed by atoms with van der Waals surface area (Å²) >= 11 is 0. The monoisotopic (exact) mass is 462 g/mol. The van der Waals surface area contributed by atoms with Crippen LogP contribution in [0.5, 0.6) is 0 Å². The van der Waals surface area contributed by atoms with Gasteiger partial charge in [0.15, 0.2) is 0 Å². The number of anilines is 1. The van der Waals surface area contributed by atoms with Crippen LogP contribution in [0.1, 0.15) is 54.4 Å². The topological polar surface area (TPSA) is 79.6 Å². The Labute approximate surface area is 200 Å². The molecule has 0 radical (unpaired) electrons. The molecule has 0 bridgehead atoms. The van der Waals surface area contributed by atoms with Crippen molar-refractivity contribution < 1.29 is 14.6 Å². The molecule has 0 saturated carbocycles. The number of amides is 1. The Morgan fingerprint density at radius 2 is 1.94 bits per heavy atom. The minimum absolute atomic E-state index is 0.362. The van der Waals surface area contributed by atoms with Crippen molar-refractivity contribution in [1.29, 1.82) is 0 Å². The number of rotatable bonds is 5. The molecule has 7 nitrogen and oxygen atoms in total. The zero-order valence-corrected chi connectivity index (χ0v) is 20.3. The number of ether oxygens (including phenoxy) is 1. The first-order valence-corrected chi connectivity index (χ1v) is 12.3. The maximum Gasteiger partial charge on any atom is 0.411 e. The number of aromatic nitrogens is 2. The second-order valence-electron chi connectivity index (χ2n) is 9.91. The van der Waals surface area contributed by atoms with E-state index in [1.165, 1.54) is 23.8 Å². The highest BCUT2D eigenvalue weighted by atomic mass is 16.5. The standard InChI is InChI=1S/C27H34N4O3/c1-17-4-7-25-24(12-17)29-26(18(2)32)31(25)23-8-10-30(11-9-23)16-19-13-20-5-6-22(15-21(20)14-19)28-27(33)34-3/h4-7,12,15,18-19,23,32H,8-11,13-14,16H2,1-3H3,(H,28,33). The number of aliphatic hydroxyl groups is 1. The number of aliphatic hydroxyl groups excluding tert-OH is 1. The van der Waals surface area contributed by atoms with Gasteiger partial charge in [0.25, 0.3) is 0 Å². The number of benzene rings is 2. The van der Waals surface area contributed by atoms with Crippen LogP contribution in [-0.2, 0) is 17.6 Å². The molecule has 2 unspecified atom stereocenters. The van der Waals surface area contributed by atoms with Gasteiger partial charge in [0.2, 0.25) is 0 Å². The Bertz CT molecular complexity index is 1190. The predicted octanol–water partition coefficient (Wildman–Crippen LogP) is 4.63. The maximum absolute atomic E-state index is 11.5. The van der Waals surface area contributed by atoms with Crippen molar-refractivity contribution in [3.05, 3.63) is 58.9 Å². The average molecular weight is 463 g/mol. The molecular formula is C27H34N4O3. The lowest BCUT2D eigenvalue weighted by molar-refractivity contribution is 0.149. The van der Waals surface area contributed by atoms with Gasteiger partial charge >= 0.3 is 6.09 Å². The summed E-state index contributed by atoms with van der Waals surface area (Å²) in [6.45, 7) is 7.09. The van der Waals surface area contributed by atoms with E-state index in [0.29, 0.717) is 12.0 Å². The Balaban J connectivity index is 1.22. The van der Waals surface area contributed by atoms with Crippen LogP contribution in [0.25, 0.3) is 11.0 Å². The minimum atomic E-state index is -0.582. The van der Waals surface area contributed by atoms with E-state index >= 15 is 0 Å². The summed E-state index contributed by atoms with van der Waals surface area (Å²) in [7, 11) is 1.38. The first-order chi connectivity index (χ1) is 16.4. The van der Waals surface area contributed by atoms with Crippen LogP contribution < -0.4 is 5.32 Å². The Morgan fingerprint density at radius 1 is 1.18 bits per heavy atom. The fraction of sp³-hybridized carbons (Fsp3) is 0.481. The van der Waals surface area contributed by atoms with Crippen molar-refractivity contribution in [3.8, 4) is 0 Å². The molecule has 1 aliphatic carbocycles. The molecule has 1 saturated heterocycles. The van der Waals surface area contributed by atoms with E-state index in [4.69, 9.17) is 9.72 Å². The molecule has 2 N–H and O–H groups in total. The van der Waals surface area contributed by atoms with Crippen molar-refractivity contribution in [2.45, 2.75) is 51.7 Å². The summed E-state index contributed by atoms with van der Waals surface area (Å²) < 4.78 is 6.99. The number of nitrogens with one attached hydrogen (secondary N) is 1. The van der Waals surface area contributed by atoms with Crippen molar-refractivity contribution in [3.63, 3.8) is 0 Å². The molecule has 2 heterocycles. The number of hydrogen-bond donors (Lipinski definition) is 2. The molecule has 1 amide bonds. The summed E-state index contributed by atoms with van der Waals surface area (Å²) in [5.41, 5.74) is 6.80. The maximum atomic E-state index is 11.5. The van der Waals surface area contributed by atoms with Crippen LogP contribution in [0.3, 0.4) is 0 Å². The van der Waals surface area contributed by atoms with Gasteiger partial charge in [0, 0.05) is 31.4 Å². The number of likely N-dealkylation sites (tertiary alicyclic amines) is 1. The minimum Gasteiger partial charge on any atom is -0.453 e. The normalized spacial score (nSPS) is 19.8. The van der Waals surface area contributed by atoms with Gasteiger partial charge in [0.1, 0.15) is 11.9 Å². The summed E-state index contributed by atoms with van der Waals surface area (Å²) in [5.74, 6) is 1.38. The number of aryl methyl sites for hydroxylation is 1. The molecule has 1 fully saturated rings. The third kappa shape index (κ3) is 4.55. The molecule has 5 rings (SSSR count). The van der Waals surface area contributed by atoms with Crippen LogP contribution in [0.2, 0.25) is 0 Å². The van der Waals surface area contributed by atoms with Crippen molar-refractivity contribution in [2.75, 3.05) is 32.1 Å². The highest BCUT2D eigenvalue weighted by Crippen LogP contribution is 2.34. The van der Waals surface area contributed by atoms with Crippen LogP contribution in [0, 0.1) is 12.8 Å². The molecule has 2 aromatic carbocycles. The number of nitrogens with zero attached hydrogens (tertiary/aromatic N) is 3. The second kappa shape index (κ2) is 9.39. The Kier molecular flexibility index (Phi) is 6.32. The van der Waals surface area contributed by atoms with E-state index in [1.807, 2.05) is 13.0 Å². The highest BCUT2D eigenvalue weighted by molar-refractivity contribution is 5.84. The zero-order valence-electron chi connectivity index (χ0n) is 20.3. The SMILES string of the molecule is COC(=O)Nc1ccc2c(c1)CC(CN1CCC(n3c(C(C)O)nc4cc(C)ccc43)CC1)C2. The number of carbonyl (C=O) groups is 1. The van der Waals surface area contributed by atoms with E-state index in [2.05, 4.69) is 52.0 Å². The van der Waals surface area contributed by atoms with Crippen LogP contribution >= 0.6 is 0 Å². The molecule has 1 aromatic heterocycles. The summed E-state index contributed by atoms with van der Waals surface area (Å²) in [6.07, 6.45) is 3.24. The smallest absolute Gasteiger partial charge is 0.411 e. The lowest BCUT2D eigenvalue weighted by Gasteiger charge is -2.35. The molecule has 3 aromatic rings. The third-order valence-electron chi connectivity index (χ3n) is 7.34. The van der Waals surface area contributed by atoms with Gasteiger partial charge in [-0.15, -0.1) is 0 Å². The van der Waals surface area contributed by atoms with Gasteiger partial charge in [-0.3, -0.25) is 5.32 Å². The predicted molar refractivity (Wildman–Crippen MR) is 133 cm³/mol. The molecule has 7 heteroatoms. The number of hydrogen-bond acceptors (Lipinski definition) is 5.